The van der Waals surface area contributed by atoms with Crippen LogP contribution in [0.25, 0.3) is 0 Å². The van der Waals surface area contributed by atoms with E-state index >= 15 is 0 Å². The standard InChI is InChI=1S/C12H21NO3/c1-12(2,3)16-11(15)13-9-5-7-4-8(9)10(14)6-7/h7-10,14H,4-6H2,1-3H3,(H,13,15). The van der Waals surface area contributed by atoms with Crippen LogP contribution in [0.1, 0.15) is 40.0 Å². The van der Waals surface area contributed by atoms with Crippen LogP contribution >= 0.6 is 0 Å². The number of fused-ring (bicyclic) bond motifs is 2. The largest absolute Gasteiger partial charge is 0.444 e. The third-order valence-electron chi connectivity index (χ3n) is 3.48. The maximum absolute atomic E-state index is 11.6. The van der Waals surface area contributed by atoms with Crippen molar-refractivity contribution in [2.75, 3.05) is 0 Å². The van der Waals surface area contributed by atoms with Gasteiger partial charge in [-0.3, -0.25) is 0 Å². The van der Waals surface area contributed by atoms with Gasteiger partial charge in [-0.2, -0.15) is 0 Å². The minimum Gasteiger partial charge on any atom is -0.444 e. The maximum atomic E-state index is 11.6. The fraction of sp³-hybridized carbons (Fsp3) is 0.917. The minimum absolute atomic E-state index is 0.101. The highest BCUT2D eigenvalue weighted by Gasteiger charge is 2.46. The summed E-state index contributed by atoms with van der Waals surface area (Å²) in [6.07, 6.45) is 2.33. The Morgan fingerprint density at radius 1 is 1.31 bits per heavy atom. The van der Waals surface area contributed by atoms with Crippen molar-refractivity contribution in [1.29, 1.82) is 0 Å². The molecule has 2 saturated carbocycles. The van der Waals surface area contributed by atoms with Gasteiger partial charge in [0, 0.05) is 12.0 Å². The number of carbonyl (C=O) groups is 1. The lowest BCUT2D eigenvalue weighted by Gasteiger charge is -2.28. The molecule has 2 N–H and O–H groups in total. The third-order valence-corrected chi connectivity index (χ3v) is 3.48. The molecular formula is C12H21NO3. The maximum Gasteiger partial charge on any atom is 0.407 e. The van der Waals surface area contributed by atoms with Gasteiger partial charge in [0.25, 0.3) is 0 Å². The van der Waals surface area contributed by atoms with Crippen molar-refractivity contribution in [2.45, 2.75) is 57.8 Å². The van der Waals surface area contributed by atoms with Crippen molar-refractivity contribution in [3.63, 3.8) is 0 Å². The molecule has 4 nitrogen and oxygen atoms in total. The van der Waals surface area contributed by atoms with Gasteiger partial charge in [-0.05, 0) is 46.0 Å². The Morgan fingerprint density at radius 2 is 2.00 bits per heavy atom. The SMILES string of the molecule is CC(C)(C)OC(=O)NC1CC2CC(O)C1C2. The number of hydrogen-bond donors (Lipinski definition) is 2. The molecule has 92 valence electrons. The van der Waals surface area contributed by atoms with Gasteiger partial charge in [0.1, 0.15) is 5.60 Å². The summed E-state index contributed by atoms with van der Waals surface area (Å²) in [5.74, 6) is 0.817. The molecule has 16 heavy (non-hydrogen) atoms. The first kappa shape index (κ1) is 11.7. The fourth-order valence-corrected chi connectivity index (χ4v) is 2.94. The lowest BCUT2D eigenvalue weighted by Crippen LogP contribution is -2.44. The number of amides is 1. The fourth-order valence-electron chi connectivity index (χ4n) is 2.94. The van der Waals surface area contributed by atoms with Crippen LogP contribution in [0.3, 0.4) is 0 Å². The molecule has 0 spiro atoms. The van der Waals surface area contributed by atoms with Crippen molar-refractivity contribution >= 4 is 6.09 Å². The Labute approximate surface area is 96.4 Å². The van der Waals surface area contributed by atoms with Gasteiger partial charge in [-0.25, -0.2) is 4.79 Å². The van der Waals surface area contributed by atoms with Crippen LogP contribution in [0.4, 0.5) is 4.79 Å². The van der Waals surface area contributed by atoms with Gasteiger partial charge in [-0.1, -0.05) is 0 Å². The highest BCUT2D eigenvalue weighted by atomic mass is 16.6. The summed E-state index contributed by atoms with van der Waals surface area (Å²) in [6, 6.07) is 0.101. The van der Waals surface area contributed by atoms with E-state index in [0.717, 1.165) is 19.3 Å². The second-order valence-corrected chi connectivity index (χ2v) is 6.06. The van der Waals surface area contributed by atoms with E-state index in [-0.39, 0.29) is 24.2 Å². The first-order valence-electron chi connectivity index (χ1n) is 6.03. The van der Waals surface area contributed by atoms with Crippen LogP contribution in [0.15, 0.2) is 0 Å². The molecule has 0 radical (unpaired) electrons. The molecule has 0 heterocycles. The summed E-state index contributed by atoms with van der Waals surface area (Å²) in [5, 5.41) is 12.6. The Balaban J connectivity index is 1.85. The summed E-state index contributed by atoms with van der Waals surface area (Å²) >= 11 is 0. The number of alkyl carbamates (subject to hydrolysis) is 1. The number of rotatable bonds is 1. The first-order chi connectivity index (χ1) is 7.35. The van der Waals surface area contributed by atoms with Gasteiger partial charge in [-0.15, -0.1) is 0 Å². The first-order valence-corrected chi connectivity index (χ1v) is 6.03. The Morgan fingerprint density at radius 3 is 2.50 bits per heavy atom. The zero-order valence-electron chi connectivity index (χ0n) is 10.2. The van der Waals surface area contributed by atoms with E-state index in [1.165, 1.54) is 0 Å². The zero-order chi connectivity index (χ0) is 11.9. The average molecular weight is 227 g/mol. The topological polar surface area (TPSA) is 58.6 Å². The summed E-state index contributed by atoms with van der Waals surface area (Å²) in [7, 11) is 0. The summed E-state index contributed by atoms with van der Waals surface area (Å²) in [5.41, 5.74) is -0.458. The highest BCUT2D eigenvalue weighted by Crippen LogP contribution is 2.44. The zero-order valence-corrected chi connectivity index (χ0v) is 10.2. The second-order valence-electron chi connectivity index (χ2n) is 6.06. The molecule has 1 amide bonds. The second kappa shape index (κ2) is 3.91. The monoisotopic (exact) mass is 227 g/mol. The normalized spacial score (nSPS) is 37.5. The molecule has 0 aliphatic heterocycles. The van der Waals surface area contributed by atoms with E-state index in [1.54, 1.807) is 0 Å². The van der Waals surface area contributed by atoms with Crippen molar-refractivity contribution in [3.05, 3.63) is 0 Å². The lowest BCUT2D eigenvalue weighted by molar-refractivity contribution is 0.0420. The third kappa shape index (κ3) is 2.48. The van der Waals surface area contributed by atoms with E-state index in [9.17, 15) is 9.90 Å². The number of aliphatic hydroxyl groups is 1. The van der Waals surface area contributed by atoms with E-state index in [2.05, 4.69) is 5.32 Å². The van der Waals surface area contributed by atoms with E-state index in [0.29, 0.717) is 5.92 Å². The molecule has 2 fully saturated rings. The molecular weight excluding hydrogens is 206 g/mol. The number of aliphatic hydroxyl groups excluding tert-OH is 1. The Kier molecular flexibility index (Phi) is 2.86. The van der Waals surface area contributed by atoms with Crippen LogP contribution in [0.5, 0.6) is 0 Å². The van der Waals surface area contributed by atoms with Gasteiger partial charge >= 0.3 is 6.09 Å². The molecule has 0 aromatic heterocycles. The van der Waals surface area contributed by atoms with Gasteiger partial charge in [0.15, 0.2) is 0 Å². The molecule has 2 bridgehead atoms. The van der Waals surface area contributed by atoms with Crippen LogP contribution < -0.4 is 5.32 Å². The van der Waals surface area contributed by atoms with Crippen LogP contribution in [-0.2, 0) is 4.74 Å². The average Bonchev–Trinajstić information content (AvgIpc) is 2.57. The molecule has 0 aromatic carbocycles. The lowest BCUT2D eigenvalue weighted by atomic mass is 9.93. The predicted octanol–water partition coefficient (Wildman–Crippen LogP) is 1.67. The Hall–Kier alpha value is -0.770. The van der Waals surface area contributed by atoms with Crippen molar-refractivity contribution in [2.24, 2.45) is 11.8 Å². The quantitative estimate of drug-likeness (QED) is 0.716. The molecule has 0 saturated heterocycles. The van der Waals surface area contributed by atoms with Crippen LogP contribution in [-0.4, -0.2) is 28.9 Å². The molecule has 4 atom stereocenters. The van der Waals surface area contributed by atoms with Crippen LogP contribution in [0.2, 0.25) is 0 Å². The number of nitrogens with one attached hydrogen (secondary N) is 1. The number of hydrogen-bond acceptors (Lipinski definition) is 3. The molecule has 2 aliphatic rings. The minimum atomic E-state index is -0.458. The van der Waals surface area contributed by atoms with Gasteiger partial charge in [0.2, 0.25) is 0 Å². The van der Waals surface area contributed by atoms with E-state index in [4.69, 9.17) is 4.74 Å². The van der Waals surface area contributed by atoms with Gasteiger partial charge in [0.05, 0.1) is 6.10 Å². The van der Waals surface area contributed by atoms with Crippen molar-refractivity contribution in [1.82, 2.24) is 5.32 Å². The molecule has 0 aromatic rings. The molecule has 4 heteroatoms. The molecule has 2 rings (SSSR count). The van der Waals surface area contributed by atoms with E-state index in [1.807, 2.05) is 20.8 Å². The molecule has 4 unspecified atom stereocenters. The van der Waals surface area contributed by atoms with Gasteiger partial charge < -0.3 is 15.2 Å². The van der Waals surface area contributed by atoms with Crippen molar-refractivity contribution in [3.8, 4) is 0 Å². The van der Waals surface area contributed by atoms with Crippen LogP contribution in [0, 0.1) is 11.8 Å². The summed E-state index contributed by atoms with van der Waals surface area (Å²) < 4.78 is 5.21. The number of carbonyl (C=O) groups excluding carboxylic acids is 1. The Bertz CT molecular complexity index is 284. The molecule has 2 aliphatic carbocycles. The summed E-state index contributed by atoms with van der Waals surface area (Å²) in [6.45, 7) is 5.55. The van der Waals surface area contributed by atoms with E-state index < -0.39 is 5.60 Å². The summed E-state index contributed by atoms with van der Waals surface area (Å²) in [4.78, 5) is 11.6. The predicted molar refractivity (Wildman–Crippen MR) is 60.0 cm³/mol. The number of ether oxygens (including phenoxy) is 1. The van der Waals surface area contributed by atoms with Crippen molar-refractivity contribution < 1.29 is 14.6 Å². The smallest absolute Gasteiger partial charge is 0.407 e. The highest BCUT2D eigenvalue weighted by molar-refractivity contribution is 5.68.